The molecule has 0 bridgehead atoms. The minimum Gasteiger partial charge on any atom is -0.376 e. The highest BCUT2D eigenvalue weighted by Gasteiger charge is 2.44. The summed E-state index contributed by atoms with van der Waals surface area (Å²) in [6.45, 7) is 3.53. The Bertz CT molecular complexity index is 136. The van der Waals surface area contributed by atoms with Gasteiger partial charge in [-0.25, -0.2) is 0 Å². The molecule has 14 heavy (non-hydrogen) atoms. The number of nitrogens with one attached hydrogen (secondary N) is 1. The van der Waals surface area contributed by atoms with Crippen LogP contribution in [-0.4, -0.2) is 48.9 Å². The molecule has 0 rings (SSSR count). The molecule has 0 aliphatic heterocycles. The lowest BCUT2D eigenvalue weighted by Crippen LogP contribution is -2.59. The Balaban J connectivity index is 4.07. The van der Waals surface area contributed by atoms with E-state index in [1.165, 1.54) is 0 Å². The second-order valence-corrected chi connectivity index (χ2v) is 6.33. The maximum Gasteiger partial charge on any atom is 0.517 e. The van der Waals surface area contributed by atoms with Crippen LogP contribution in [-0.2, 0) is 13.3 Å². The molecule has 0 saturated heterocycles. The van der Waals surface area contributed by atoms with Gasteiger partial charge >= 0.3 is 8.80 Å². The molecule has 0 saturated carbocycles. The smallest absolute Gasteiger partial charge is 0.376 e. The van der Waals surface area contributed by atoms with E-state index in [-0.39, 0.29) is 5.67 Å². The number of hydrogen-bond acceptors (Lipinski definition) is 5. The first kappa shape index (κ1) is 14.0. The molecule has 0 aromatic rings. The van der Waals surface area contributed by atoms with Crippen LogP contribution < -0.4 is 11.1 Å². The molecule has 0 aliphatic carbocycles. The van der Waals surface area contributed by atoms with Crippen LogP contribution in [0.5, 0.6) is 0 Å². The Morgan fingerprint density at radius 1 is 1.21 bits per heavy atom. The highest BCUT2D eigenvalue weighted by Crippen LogP contribution is 2.11. The van der Waals surface area contributed by atoms with Crippen LogP contribution in [0.4, 0.5) is 0 Å². The van der Waals surface area contributed by atoms with Gasteiger partial charge in [-0.15, -0.1) is 0 Å². The summed E-state index contributed by atoms with van der Waals surface area (Å²) >= 11 is 0. The van der Waals surface area contributed by atoms with Crippen molar-refractivity contribution in [2.45, 2.75) is 19.0 Å². The molecule has 0 amide bonds. The minimum absolute atomic E-state index is 0.0778. The number of nitrogens with two attached hydrogens (primary N) is 1. The van der Waals surface area contributed by atoms with Crippen LogP contribution in [0.2, 0.25) is 0 Å². The summed E-state index contributed by atoms with van der Waals surface area (Å²) in [5, 5.41) is 3.28. The first-order valence-corrected chi connectivity index (χ1v) is 6.56. The Hall–Kier alpha value is 0.0169. The van der Waals surface area contributed by atoms with Crippen LogP contribution >= 0.6 is 0 Å². The molecule has 0 radical (unpaired) electrons. The second-order valence-electron chi connectivity index (χ2n) is 3.03. The average molecular weight is 222 g/mol. The Kier molecular flexibility index (Phi) is 7.34. The highest BCUT2D eigenvalue weighted by molar-refractivity contribution is 6.62. The van der Waals surface area contributed by atoms with E-state index in [1.54, 1.807) is 21.3 Å². The molecule has 0 aromatic heterocycles. The summed E-state index contributed by atoms with van der Waals surface area (Å²) < 4.78 is 16.0. The molecule has 0 aliphatic rings. The predicted octanol–water partition coefficient (Wildman–Crippen LogP) is -0.269. The van der Waals surface area contributed by atoms with Crippen molar-refractivity contribution in [3.05, 3.63) is 0 Å². The maximum absolute atomic E-state index is 5.40. The molecule has 0 spiro atoms. The summed E-state index contributed by atoms with van der Waals surface area (Å²) in [7, 11) is 2.31. The van der Waals surface area contributed by atoms with E-state index in [1.807, 2.05) is 6.92 Å². The van der Waals surface area contributed by atoms with E-state index in [9.17, 15) is 0 Å². The van der Waals surface area contributed by atoms with Crippen LogP contribution in [0.25, 0.3) is 0 Å². The molecular weight excluding hydrogens is 200 g/mol. The van der Waals surface area contributed by atoms with E-state index >= 15 is 0 Å². The second kappa shape index (κ2) is 7.33. The standard InChI is InChI=1S/C8H22N2O3Si/c1-8(10-7-5-6-9)14(11-2,12-3)13-4/h8,10H,5-7,9H2,1-4H3. The van der Waals surface area contributed by atoms with Crippen LogP contribution in [0.15, 0.2) is 0 Å². The zero-order valence-electron chi connectivity index (χ0n) is 9.50. The minimum atomic E-state index is -2.52. The lowest BCUT2D eigenvalue weighted by atomic mass is 10.4. The third-order valence-corrected chi connectivity index (χ3v) is 5.19. The predicted molar refractivity (Wildman–Crippen MR) is 57.9 cm³/mol. The summed E-state index contributed by atoms with van der Waals surface area (Å²) in [6.07, 6.45) is 0.936. The summed E-state index contributed by atoms with van der Waals surface area (Å²) in [4.78, 5) is 0. The molecular formula is C8H22N2O3Si. The maximum atomic E-state index is 5.40. The number of hydrogen-bond donors (Lipinski definition) is 2. The molecule has 5 nitrogen and oxygen atoms in total. The third kappa shape index (κ3) is 3.64. The van der Waals surface area contributed by atoms with Crippen molar-refractivity contribution in [1.82, 2.24) is 5.32 Å². The van der Waals surface area contributed by atoms with Gasteiger partial charge in [0.15, 0.2) is 0 Å². The summed E-state index contributed by atoms with van der Waals surface area (Å²) in [5.74, 6) is 0. The Morgan fingerprint density at radius 2 is 1.71 bits per heavy atom. The Morgan fingerprint density at radius 3 is 2.07 bits per heavy atom. The fourth-order valence-corrected chi connectivity index (χ4v) is 3.28. The molecule has 6 heteroatoms. The molecule has 0 heterocycles. The first-order valence-electron chi connectivity index (χ1n) is 4.75. The van der Waals surface area contributed by atoms with Gasteiger partial charge in [0, 0.05) is 21.3 Å². The molecule has 1 atom stereocenters. The zero-order valence-corrected chi connectivity index (χ0v) is 10.5. The lowest BCUT2D eigenvalue weighted by Gasteiger charge is -2.30. The molecule has 86 valence electrons. The van der Waals surface area contributed by atoms with Gasteiger partial charge < -0.3 is 24.3 Å². The lowest BCUT2D eigenvalue weighted by molar-refractivity contribution is 0.109. The van der Waals surface area contributed by atoms with E-state index in [0.717, 1.165) is 13.0 Å². The van der Waals surface area contributed by atoms with E-state index in [0.29, 0.717) is 6.54 Å². The average Bonchev–Trinajstić information content (AvgIpc) is 2.22. The molecule has 0 fully saturated rings. The van der Waals surface area contributed by atoms with Crippen molar-refractivity contribution in [1.29, 1.82) is 0 Å². The van der Waals surface area contributed by atoms with Crippen molar-refractivity contribution in [3.8, 4) is 0 Å². The van der Waals surface area contributed by atoms with Crippen molar-refractivity contribution >= 4 is 8.80 Å². The van der Waals surface area contributed by atoms with Gasteiger partial charge in [-0.1, -0.05) is 0 Å². The molecule has 3 N–H and O–H groups in total. The topological polar surface area (TPSA) is 65.7 Å². The van der Waals surface area contributed by atoms with E-state index in [2.05, 4.69) is 5.32 Å². The van der Waals surface area contributed by atoms with E-state index < -0.39 is 8.80 Å². The third-order valence-electron chi connectivity index (χ3n) is 2.22. The number of rotatable bonds is 8. The van der Waals surface area contributed by atoms with Gasteiger partial charge in [-0.3, -0.25) is 0 Å². The van der Waals surface area contributed by atoms with Gasteiger partial charge in [0.2, 0.25) is 0 Å². The quantitative estimate of drug-likeness (QED) is 0.437. The zero-order chi connectivity index (χ0) is 11.0. The first-order chi connectivity index (χ1) is 6.66. The highest BCUT2D eigenvalue weighted by atomic mass is 28.4. The molecule has 1 unspecified atom stereocenters. The van der Waals surface area contributed by atoms with Crippen molar-refractivity contribution in [2.75, 3.05) is 34.4 Å². The fourth-order valence-electron chi connectivity index (χ4n) is 1.33. The Labute approximate surface area is 87.3 Å². The van der Waals surface area contributed by atoms with Gasteiger partial charge in [-0.05, 0) is 26.4 Å². The summed E-state index contributed by atoms with van der Waals surface area (Å²) in [5.41, 5.74) is 5.48. The van der Waals surface area contributed by atoms with Crippen molar-refractivity contribution < 1.29 is 13.3 Å². The van der Waals surface area contributed by atoms with Gasteiger partial charge in [0.1, 0.15) is 0 Å². The van der Waals surface area contributed by atoms with Crippen LogP contribution in [0.3, 0.4) is 0 Å². The van der Waals surface area contributed by atoms with E-state index in [4.69, 9.17) is 19.0 Å². The van der Waals surface area contributed by atoms with Crippen LogP contribution in [0, 0.1) is 0 Å². The monoisotopic (exact) mass is 222 g/mol. The van der Waals surface area contributed by atoms with Crippen molar-refractivity contribution in [3.63, 3.8) is 0 Å². The summed E-state index contributed by atoms with van der Waals surface area (Å²) in [6, 6.07) is 0. The largest absolute Gasteiger partial charge is 0.517 e. The van der Waals surface area contributed by atoms with Gasteiger partial charge in [-0.2, -0.15) is 0 Å². The van der Waals surface area contributed by atoms with Crippen molar-refractivity contribution in [2.24, 2.45) is 5.73 Å². The fraction of sp³-hybridized carbons (Fsp3) is 1.00. The normalized spacial score (nSPS) is 14.4. The van der Waals surface area contributed by atoms with Gasteiger partial charge in [0.25, 0.3) is 0 Å². The van der Waals surface area contributed by atoms with Gasteiger partial charge in [0.05, 0.1) is 5.67 Å². The van der Waals surface area contributed by atoms with Crippen LogP contribution in [0.1, 0.15) is 13.3 Å². The SMILES string of the molecule is CO[Si](OC)(OC)C(C)NCCCN. The molecule has 0 aromatic carbocycles.